The molecule has 0 radical (unpaired) electrons. The molecule has 15 heavy (non-hydrogen) atoms. The van der Waals surface area contributed by atoms with Gasteiger partial charge in [-0.1, -0.05) is 12.8 Å². The lowest BCUT2D eigenvalue weighted by molar-refractivity contribution is 0.0698. The van der Waals surface area contributed by atoms with Crippen LogP contribution in [-0.2, 0) is 0 Å². The van der Waals surface area contributed by atoms with Crippen LogP contribution in [-0.4, -0.2) is 23.2 Å². The van der Waals surface area contributed by atoms with E-state index < -0.39 is 6.10 Å². The van der Waals surface area contributed by atoms with Gasteiger partial charge >= 0.3 is 0 Å². The molecule has 2 N–H and O–H groups in total. The van der Waals surface area contributed by atoms with Crippen molar-refractivity contribution < 1.29 is 14.3 Å². The van der Waals surface area contributed by atoms with Crippen LogP contribution in [0.3, 0.4) is 0 Å². The van der Waals surface area contributed by atoms with Crippen LogP contribution in [0.15, 0.2) is 22.8 Å². The molecule has 1 aromatic heterocycles. The minimum atomic E-state index is -0.419. The molecule has 4 nitrogen and oxygen atoms in total. The lowest BCUT2D eigenvalue weighted by Gasteiger charge is -2.27. The van der Waals surface area contributed by atoms with Crippen LogP contribution < -0.4 is 5.32 Å². The fourth-order valence-electron chi connectivity index (χ4n) is 1.93. The molecule has 2 atom stereocenters. The lowest BCUT2D eigenvalue weighted by atomic mass is 9.92. The molecule has 1 amide bonds. The standard InChI is InChI=1S/C11H15NO3/c13-9-5-2-1-4-8(9)12-11(14)10-6-3-7-15-10/h3,6-9,13H,1-2,4-5H2,(H,12,14)/t8-,9+/m1/s1. The van der Waals surface area contributed by atoms with E-state index in [2.05, 4.69) is 5.32 Å². The van der Waals surface area contributed by atoms with Gasteiger partial charge in [0.25, 0.3) is 5.91 Å². The molecular weight excluding hydrogens is 194 g/mol. The third-order valence-corrected chi connectivity index (χ3v) is 2.79. The van der Waals surface area contributed by atoms with Crippen molar-refractivity contribution in [1.29, 1.82) is 0 Å². The van der Waals surface area contributed by atoms with E-state index in [0.29, 0.717) is 5.76 Å². The molecule has 2 rings (SSSR count). The van der Waals surface area contributed by atoms with Crippen molar-refractivity contribution in [3.8, 4) is 0 Å². The Morgan fingerprint density at radius 1 is 1.47 bits per heavy atom. The Hall–Kier alpha value is -1.29. The minimum absolute atomic E-state index is 0.128. The van der Waals surface area contributed by atoms with Crippen LogP contribution in [0.2, 0.25) is 0 Å². The summed E-state index contributed by atoms with van der Waals surface area (Å²) in [4.78, 5) is 11.6. The Kier molecular flexibility index (Phi) is 3.06. The lowest BCUT2D eigenvalue weighted by Crippen LogP contribution is -2.44. The predicted octanol–water partition coefficient (Wildman–Crippen LogP) is 1.31. The van der Waals surface area contributed by atoms with Gasteiger partial charge in [0.1, 0.15) is 0 Å². The zero-order valence-corrected chi connectivity index (χ0v) is 8.48. The second kappa shape index (κ2) is 4.49. The minimum Gasteiger partial charge on any atom is -0.459 e. The Morgan fingerprint density at radius 2 is 2.27 bits per heavy atom. The molecule has 0 spiro atoms. The number of furan rings is 1. The molecule has 82 valence electrons. The monoisotopic (exact) mass is 209 g/mol. The van der Waals surface area contributed by atoms with Gasteiger partial charge in [-0.05, 0) is 25.0 Å². The second-order valence-corrected chi connectivity index (χ2v) is 3.91. The maximum Gasteiger partial charge on any atom is 0.287 e. The average Bonchev–Trinajstić information content (AvgIpc) is 2.74. The summed E-state index contributed by atoms with van der Waals surface area (Å²) in [5.74, 6) is 0.0544. The van der Waals surface area contributed by atoms with Crippen molar-refractivity contribution in [2.24, 2.45) is 0 Å². The number of hydrogen-bond acceptors (Lipinski definition) is 3. The van der Waals surface area contributed by atoms with Gasteiger partial charge in [0, 0.05) is 0 Å². The zero-order chi connectivity index (χ0) is 10.7. The van der Waals surface area contributed by atoms with Gasteiger partial charge in [0.15, 0.2) is 5.76 Å². The highest BCUT2D eigenvalue weighted by atomic mass is 16.3. The number of amides is 1. The molecule has 0 unspecified atom stereocenters. The number of rotatable bonds is 2. The topological polar surface area (TPSA) is 62.5 Å². The van der Waals surface area contributed by atoms with Crippen molar-refractivity contribution in [3.05, 3.63) is 24.2 Å². The molecule has 1 heterocycles. The predicted molar refractivity (Wildman–Crippen MR) is 54.4 cm³/mol. The van der Waals surface area contributed by atoms with Gasteiger partial charge in [-0.15, -0.1) is 0 Å². The van der Waals surface area contributed by atoms with E-state index >= 15 is 0 Å². The van der Waals surface area contributed by atoms with Gasteiger partial charge < -0.3 is 14.8 Å². The summed E-state index contributed by atoms with van der Waals surface area (Å²) in [6, 6.07) is 3.16. The number of aliphatic hydroxyl groups excluding tert-OH is 1. The number of nitrogens with one attached hydrogen (secondary N) is 1. The highest BCUT2D eigenvalue weighted by molar-refractivity contribution is 5.91. The van der Waals surface area contributed by atoms with Gasteiger partial charge in [0.2, 0.25) is 0 Å². The van der Waals surface area contributed by atoms with Crippen molar-refractivity contribution in [1.82, 2.24) is 5.32 Å². The van der Waals surface area contributed by atoms with Gasteiger partial charge in [-0.3, -0.25) is 4.79 Å². The van der Waals surface area contributed by atoms with Crippen LogP contribution in [0.25, 0.3) is 0 Å². The molecule has 4 heteroatoms. The first-order chi connectivity index (χ1) is 7.27. The van der Waals surface area contributed by atoms with Crippen LogP contribution in [0.4, 0.5) is 0 Å². The first kappa shape index (κ1) is 10.2. The molecule has 1 aliphatic rings. The molecule has 1 aliphatic carbocycles. The quantitative estimate of drug-likeness (QED) is 0.772. The molecule has 0 saturated heterocycles. The summed E-state index contributed by atoms with van der Waals surface area (Å²) in [7, 11) is 0. The van der Waals surface area contributed by atoms with Crippen LogP contribution in [0.1, 0.15) is 36.2 Å². The number of carbonyl (C=O) groups excluding carboxylic acids is 1. The molecule has 1 aromatic rings. The summed E-state index contributed by atoms with van der Waals surface area (Å²) in [6.45, 7) is 0. The first-order valence-electron chi connectivity index (χ1n) is 5.30. The highest BCUT2D eigenvalue weighted by Crippen LogP contribution is 2.18. The summed E-state index contributed by atoms with van der Waals surface area (Å²) in [5, 5.41) is 12.5. The Balaban J connectivity index is 1.93. The Morgan fingerprint density at radius 3 is 2.93 bits per heavy atom. The van der Waals surface area contributed by atoms with Gasteiger partial charge in [-0.25, -0.2) is 0 Å². The maximum atomic E-state index is 11.6. The third-order valence-electron chi connectivity index (χ3n) is 2.79. The maximum absolute atomic E-state index is 11.6. The highest BCUT2D eigenvalue weighted by Gasteiger charge is 2.25. The van der Waals surface area contributed by atoms with E-state index in [0.717, 1.165) is 25.7 Å². The SMILES string of the molecule is O=C(N[C@@H]1CCCC[C@@H]1O)c1ccco1. The number of carbonyl (C=O) groups is 1. The van der Waals surface area contributed by atoms with Crippen molar-refractivity contribution >= 4 is 5.91 Å². The van der Waals surface area contributed by atoms with E-state index in [4.69, 9.17) is 4.42 Å². The van der Waals surface area contributed by atoms with E-state index in [-0.39, 0.29) is 11.9 Å². The summed E-state index contributed by atoms with van der Waals surface area (Å²) >= 11 is 0. The molecule has 1 fully saturated rings. The zero-order valence-electron chi connectivity index (χ0n) is 8.48. The van der Waals surface area contributed by atoms with Crippen molar-refractivity contribution in [2.75, 3.05) is 0 Å². The fourth-order valence-corrected chi connectivity index (χ4v) is 1.93. The third kappa shape index (κ3) is 2.39. The normalized spacial score (nSPS) is 26.2. The Bertz CT molecular complexity index is 321. The molecule has 0 aromatic carbocycles. The fraction of sp³-hybridized carbons (Fsp3) is 0.545. The van der Waals surface area contributed by atoms with Crippen LogP contribution in [0.5, 0.6) is 0 Å². The molecular formula is C11H15NO3. The van der Waals surface area contributed by atoms with E-state index in [1.54, 1.807) is 12.1 Å². The molecule has 1 saturated carbocycles. The largest absolute Gasteiger partial charge is 0.459 e. The second-order valence-electron chi connectivity index (χ2n) is 3.91. The number of hydrogen-bond donors (Lipinski definition) is 2. The number of aliphatic hydroxyl groups is 1. The van der Waals surface area contributed by atoms with Gasteiger partial charge in [-0.2, -0.15) is 0 Å². The Labute approximate surface area is 88.3 Å². The van der Waals surface area contributed by atoms with Crippen LogP contribution in [0, 0.1) is 0 Å². The van der Waals surface area contributed by atoms with Crippen molar-refractivity contribution in [2.45, 2.75) is 37.8 Å². The van der Waals surface area contributed by atoms with E-state index in [1.807, 2.05) is 0 Å². The van der Waals surface area contributed by atoms with Crippen molar-refractivity contribution in [3.63, 3.8) is 0 Å². The average molecular weight is 209 g/mol. The van der Waals surface area contributed by atoms with E-state index in [1.165, 1.54) is 6.26 Å². The van der Waals surface area contributed by atoms with Crippen LogP contribution >= 0.6 is 0 Å². The molecule has 0 bridgehead atoms. The molecule has 0 aliphatic heterocycles. The summed E-state index contributed by atoms with van der Waals surface area (Å²) < 4.78 is 4.98. The van der Waals surface area contributed by atoms with E-state index in [9.17, 15) is 9.90 Å². The first-order valence-corrected chi connectivity index (χ1v) is 5.30. The summed E-state index contributed by atoms with van der Waals surface area (Å²) in [6.07, 6.45) is 4.75. The summed E-state index contributed by atoms with van der Waals surface area (Å²) in [5.41, 5.74) is 0. The van der Waals surface area contributed by atoms with Gasteiger partial charge in [0.05, 0.1) is 18.4 Å². The smallest absolute Gasteiger partial charge is 0.287 e.